The Balaban J connectivity index is 2.15. The number of aliphatic hydroxyl groups is 1. The third-order valence-electron chi connectivity index (χ3n) is 3.14. The minimum Gasteiger partial charge on any atom is -0.398 e. The number of nitrogens with one attached hydrogen (secondary N) is 1. The van der Waals surface area contributed by atoms with Gasteiger partial charge in [-0.2, -0.15) is 0 Å². The number of sulfonamides is 1. The van der Waals surface area contributed by atoms with Gasteiger partial charge in [-0.15, -0.1) is 0 Å². The molecule has 0 aromatic heterocycles. The van der Waals surface area contributed by atoms with Crippen LogP contribution < -0.4 is 10.5 Å². The third kappa shape index (κ3) is 2.77. The minimum atomic E-state index is -3.71. The van der Waals surface area contributed by atoms with Crippen LogP contribution in [0.25, 0.3) is 0 Å². The summed E-state index contributed by atoms with van der Waals surface area (Å²) in [6.45, 7) is 0.0113. The van der Waals surface area contributed by atoms with Gasteiger partial charge in [0.1, 0.15) is 4.90 Å². The van der Waals surface area contributed by atoms with Crippen molar-refractivity contribution in [3.05, 3.63) is 23.2 Å². The van der Waals surface area contributed by atoms with Crippen LogP contribution in [-0.2, 0) is 10.0 Å². The lowest BCUT2D eigenvalue weighted by molar-refractivity contribution is -0.0270. The van der Waals surface area contributed by atoms with Gasteiger partial charge in [-0.25, -0.2) is 13.1 Å². The van der Waals surface area contributed by atoms with Gasteiger partial charge in [0.05, 0.1) is 11.3 Å². The highest BCUT2D eigenvalue weighted by Gasteiger charge is 2.35. The molecular formula is C11H15ClN2O3S. The summed E-state index contributed by atoms with van der Waals surface area (Å²) in [5.41, 5.74) is 4.81. The Labute approximate surface area is 111 Å². The van der Waals surface area contributed by atoms with Crippen LogP contribution in [-0.4, -0.2) is 25.7 Å². The van der Waals surface area contributed by atoms with E-state index >= 15 is 0 Å². The number of nitrogens with two attached hydrogens (primary N) is 1. The van der Waals surface area contributed by atoms with E-state index in [1.165, 1.54) is 18.2 Å². The summed E-state index contributed by atoms with van der Waals surface area (Å²) < 4.78 is 26.4. The van der Waals surface area contributed by atoms with Gasteiger partial charge in [0, 0.05) is 11.6 Å². The van der Waals surface area contributed by atoms with Gasteiger partial charge in [-0.05, 0) is 37.5 Å². The van der Waals surface area contributed by atoms with Crippen molar-refractivity contribution in [1.29, 1.82) is 0 Å². The maximum Gasteiger partial charge on any atom is 0.242 e. The Kier molecular flexibility index (Phi) is 3.55. The molecule has 1 fully saturated rings. The second-order valence-electron chi connectivity index (χ2n) is 4.58. The van der Waals surface area contributed by atoms with E-state index in [-0.39, 0.29) is 17.1 Å². The fraction of sp³-hybridized carbons (Fsp3) is 0.455. The van der Waals surface area contributed by atoms with Gasteiger partial charge < -0.3 is 10.8 Å². The molecular weight excluding hydrogens is 276 g/mol. The molecule has 0 aliphatic heterocycles. The molecule has 1 aromatic rings. The molecule has 0 unspecified atom stereocenters. The molecule has 1 aliphatic carbocycles. The molecule has 1 saturated carbocycles. The summed E-state index contributed by atoms with van der Waals surface area (Å²) in [5.74, 6) is 0. The Morgan fingerprint density at radius 3 is 2.61 bits per heavy atom. The van der Waals surface area contributed by atoms with Crippen LogP contribution in [0.5, 0.6) is 0 Å². The second kappa shape index (κ2) is 4.70. The van der Waals surface area contributed by atoms with Gasteiger partial charge >= 0.3 is 0 Å². The predicted octanol–water partition coefficient (Wildman–Crippen LogP) is 1.12. The summed E-state index contributed by atoms with van der Waals surface area (Å²) in [5, 5.41) is 10.2. The monoisotopic (exact) mass is 290 g/mol. The average Bonchev–Trinajstić information content (AvgIpc) is 2.23. The van der Waals surface area contributed by atoms with Crippen molar-refractivity contribution in [2.75, 3.05) is 12.3 Å². The van der Waals surface area contributed by atoms with E-state index in [1.54, 1.807) is 0 Å². The number of nitrogen functional groups attached to an aromatic ring is 1. The summed E-state index contributed by atoms with van der Waals surface area (Å²) >= 11 is 5.71. The fourth-order valence-electron chi connectivity index (χ4n) is 1.83. The lowest BCUT2D eigenvalue weighted by Gasteiger charge is -2.36. The standard InChI is InChI=1S/C11H15ClN2O3S/c12-8-2-3-10(9(13)6-8)18(16,17)14-7-11(15)4-1-5-11/h2-3,6,14-15H,1,4-5,7,13H2. The third-order valence-corrected chi connectivity index (χ3v) is 4.85. The Morgan fingerprint density at radius 1 is 1.44 bits per heavy atom. The van der Waals surface area contributed by atoms with E-state index in [1.807, 2.05) is 0 Å². The van der Waals surface area contributed by atoms with Crippen molar-refractivity contribution in [2.24, 2.45) is 0 Å². The maximum absolute atomic E-state index is 12.0. The van der Waals surface area contributed by atoms with Crippen molar-refractivity contribution in [2.45, 2.75) is 29.8 Å². The van der Waals surface area contributed by atoms with Gasteiger partial charge in [0.25, 0.3) is 0 Å². The highest BCUT2D eigenvalue weighted by Crippen LogP contribution is 2.31. The van der Waals surface area contributed by atoms with Gasteiger partial charge in [0.15, 0.2) is 0 Å². The zero-order valence-electron chi connectivity index (χ0n) is 9.69. The lowest BCUT2D eigenvalue weighted by Crippen LogP contribution is -2.47. The van der Waals surface area contributed by atoms with E-state index in [0.717, 1.165) is 6.42 Å². The summed E-state index contributed by atoms with van der Waals surface area (Å²) in [6.07, 6.45) is 2.15. The van der Waals surface area contributed by atoms with Gasteiger partial charge in [-0.1, -0.05) is 11.6 Å². The van der Waals surface area contributed by atoms with Gasteiger partial charge in [0.2, 0.25) is 10.0 Å². The molecule has 0 spiro atoms. The molecule has 0 amide bonds. The van der Waals surface area contributed by atoms with E-state index < -0.39 is 15.6 Å². The van der Waals surface area contributed by atoms with Crippen molar-refractivity contribution >= 4 is 27.3 Å². The molecule has 0 radical (unpaired) electrons. The van der Waals surface area contributed by atoms with Crippen LogP contribution in [0, 0.1) is 0 Å². The molecule has 100 valence electrons. The van der Waals surface area contributed by atoms with Crippen LogP contribution in [0.3, 0.4) is 0 Å². The first kappa shape index (κ1) is 13.6. The van der Waals surface area contributed by atoms with E-state index in [2.05, 4.69) is 4.72 Å². The SMILES string of the molecule is Nc1cc(Cl)ccc1S(=O)(=O)NCC1(O)CCC1. The number of hydrogen-bond acceptors (Lipinski definition) is 4. The number of halogens is 1. The average molecular weight is 291 g/mol. The molecule has 0 saturated heterocycles. The van der Waals surface area contributed by atoms with E-state index in [9.17, 15) is 13.5 Å². The highest BCUT2D eigenvalue weighted by atomic mass is 35.5. The molecule has 2 rings (SSSR count). The first-order chi connectivity index (χ1) is 8.32. The number of hydrogen-bond donors (Lipinski definition) is 3. The fourth-order valence-corrected chi connectivity index (χ4v) is 3.24. The topological polar surface area (TPSA) is 92.4 Å². The van der Waals surface area contributed by atoms with Gasteiger partial charge in [-0.3, -0.25) is 0 Å². The van der Waals surface area contributed by atoms with Crippen LogP contribution >= 0.6 is 11.6 Å². The molecule has 5 nitrogen and oxygen atoms in total. The van der Waals surface area contributed by atoms with Crippen molar-refractivity contribution in [3.63, 3.8) is 0 Å². The molecule has 18 heavy (non-hydrogen) atoms. The molecule has 1 aromatic carbocycles. The van der Waals surface area contributed by atoms with Crippen LogP contribution in [0.1, 0.15) is 19.3 Å². The Bertz CT molecular complexity index is 555. The zero-order valence-corrected chi connectivity index (χ0v) is 11.3. The molecule has 7 heteroatoms. The number of anilines is 1. The summed E-state index contributed by atoms with van der Waals surface area (Å²) in [7, 11) is -3.71. The smallest absolute Gasteiger partial charge is 0.242 e. The number of benzene rings is 1. The first-order valence-corrected chi connectivity index (χ1v) is 7.46. The molecule has 0 atom stereocenters. The van der Waals surface area contributed by atoms with Crippen LogP contribution in [0.15, 0.2) is 23.1 Å². The van der Waals surface area contributed by atoms with E-state index in [0.29, 0.717) is 17.9 Å². The largest absolute Gasteiger partial charge is 0.398 e. The summed E-state index contributed by atoms with van der Waals surface area (Å²) in [6, 6.07) is 4.20. The van der Waals surface area contributed by atoms with Crippen molar-refractivity contribution in [3.8, 4) is 0 Å². The predicted molar refractivity (Wildman–Crippen MR) is 69.9 cm³/mol. The molecule has 4 N–H and O–H groups in total. The summed E-state index contributed by atoms with van der Waals surface area (Å²) in [4.78, 5) is -0.0187. The normalized spacial score (nSPS) is 18.3. The minimum absolute atomic E-state index is 0.0113. The lowest BCUT2D eigenvalue weighted by atomic mass is 9.81. The Hall–Kier alpha value is -0.820. The number of rotatable bonds is 4. The molecule has 1 aliphatic rings. The van der Waals surface area contributed by atoms with E-state index in [4.69, 9.17) is 17.3 Å². The maximum atomic E-state index is 12.0. The second-order valence-corrected chi connectivity index (χ2v) is 6.76. The molecule has 0 heterocycles. The quantitative estimate of drug-likeness (QED) is 0.725. The van der Waals surface area contributed by atoms with Crippen LogP contribution in [0.4, 0.5) is 5.69 Å². The van der Waals surface area contributed by atoms with Crippen molar-refractivity contribution < 1.29 is 13.5 Å². The Morgan fingerprint density at radius 2 is 2.11 bits per heavy atom. The molecule has 0 bridgehead atoms. The first-order valence-electron chi connectivity index (χ1n) is 5.60. The zero-order chi connectivity index (χ0) is 13.4. The highest BCUT2D eigenvalue weighted by molar-refractivity contribution is 7.89. The van der Waals surface area contributed by atoms with Crippen LogP contribution in [0.2, 0.25) is 5.02 Å². The van der Waals surface area contributed by atoms with Crippen molar-refractivity contribution in [1.82, 2.24) is 4.72 Å².